The molecule has 21 nitrogen and oxygen atoms in total. The van der Waals surface area contributed by atoms with Crippen LogP contribution in [0.3, 0.4) is 0 Å². The van der Waals surface area contributed by atoms with Gasteiger partial charge in [0.25, 0.3) is 0 Å². The van der Waals surface area contributed by atoms with Crippen LogP contribution in [-0.4, -0.2) is 172 Å². The van der Waals surface area contributed by atoms with Gasteiger partial charge in [0, 0.05) is 0 Å². The average molecular weight is 942 g/mol. The summed E-state index contributed by atoms with van der Waals surface area (Å²) in [6.07, 6.45) is -1.82. The second-order valence-corrected chi connectivity index (χ2v) is 18.9. The van der Waals surface area contributed by atoms with Crippen LogP contribution in [0, 0.1) is 21.7 Å². The van der Waals surface area contributed by atoms with Gasteiger partial charge in [-0.15, -0.1) is 0 Å². The first kappa shape index (κ1) is 55.9. The van der Waals surface area contributed by atoms with Gasteiger partial charge in [-0.1, -0.05) is 6.92 Å². The number of esters is 6. The van der Waals surface area contributed by atoms with Crippen molar-refractivity contribution in [3.8, 4) is 0 Å². The molecule has 0 saturated carbocycles. The first-order valence-corrected chi connectivity index (χ1v) is 22.0. The number of carbonyl (C=O) groups excluding carboxylic acids is 6. The van der Waals surface area contributed by atoms with Crippen molar-refractivity contribution in [2.75, 3.05) is 98.9 Å². The molecule has 0 aromatic rings. The Morgan fingerprint density at radius 3 is 0.833 bits per heavy atom. The van der Waals surface area contributed by atoms with Crippen LogP contribution in [0.2, 0.25) is 0 Å². The van der Waals surface area contributed by atoms with E-state index in [0.29, 0.717) is 0 Å². The van der Waals surface area contributed by atoms with Gasteiger partial charge in [-0.25, -0.2) is 0 Å². The number of carbonyl (C=O) groups is 6. The fourth-order valence-electron chi connectivity index (χ4n) is 6.46. The van der Waals surface area contributed by atoms with Crippen molar-refractivity contribution in [2.45, 2.75) is 111 Å². The van der Waals surface area contributed by atoms with Crippen molar-refractivity contribution in [3.05, 3.63) is 0 Å². The van der Waals surface area contributed by atoms with Gasteiger partial charge >= 0.3 is 35.8 Å². The molecule has 3 heterocycles. The van der Waals surface area contributed by atoms with Crippen LogP contribution in [0.1, 0.15) is 93.4 Å². The van der Waals surface area contributed by atoms with E-state index in [-0.39, 0.29) is 144 Å². The molecule has 3 aliphatic rings. The third-order valence-electron chi connectivity index (χ3n) is 11.3. The minimum atomic E-state index is -1.26. The van der Waals surface area contributed by atoms with E-state index >= 15 is 0 Å². The van der Waals surface area contributed by atoms with Crippen LogP contribution in [0.15, 0.2) is 15.0 Å². The highest BCUT2D eigenvalue weighted by molar-refractivity contribution is 5.79. The smallest absolute Gasteiger partial charge is 0.306 e. The fraction of sp³-hybridized carbons (Fsp3) is 0.800. The summed E-state index contributed by atoms with van der Waals surface area (Å²) in [7, 11) is 0. The monoisotopic (exact) mass is 941 g/mol. The van der Waals surface area contributed by atoms with Crippen LogP contribution < -0.4 is 0 Å². The molecule has 0 N–H and O–H groups in total. The fourth-order valence-corrected chi connectivity index (χ4v) is 6.46. The number of ether oxygens (including phenoxy) is 12. The number of hydrogen-bond acceptors (Lipinski definition) is 21. The van der Waals surface area contributed by atoms with Gasteiger partial charge in [0.2, 0.25) is 0 Å². The molecule has 3 rings (SSSR count). The summed E-state index contributed by atoms with van der Waals surface area (Å²) in [5, 5.41) is 0. The average Bonchev–Trinajstić information content (AvgIpc) is 3.28. The van der Waals surface area contributed by atoms with E-state index in [9.17, 15) is 28.8 Å². The summed E-state index contributed by atoms with van der Waals surface area (Å²) in [6.45, 7) is 23.5. The van der Waals surface area contributed by atoms with Crippen molar-refractivity contribution >= 4 is 56.0 Å². The van der Waals surface area contributed by atoms with Gasteiger partial charge < -0.3 is 71.8 Å². The molecule has 21 heteroatoms. The Balaban J connectivity index is 1.56. The normalized spacial score (nSPS) is 20.0. The molecule has 66 heavy (non-hydrogen) atoms. The van der Waals surface area contributed by atoms with Crippen LogP contribution in [0.25, 0.3) is 0 Å². The first-order valence-electron chi connectivity index (χ1n) is 22.0. The van der Waals surface area contributed by atoms with Gasteiger partial charge in [0.05, 0.1) is 119 Å². The van der Waals surface area contributed by atoms with Crippen molar-refractivity contribution in [2.24, 2.45) is 36.6 Å². The summed E-state index contributed by atoms with van der Waals surface area (Å²) in [5.41, 5.74) is -3.48. The molecule has 374 valence electrons. The minimum absolute atomic E-state index is 0.0763. The lowest BCUT2D eigenvalue weighted by Crippen LogP contribution is -2.50. The lowest BCUT2D eigenvalue weighted by molar-refractivity contribution is -0.289. The standard InChI is InChI=1S/C45H71N3O18/c1-11-42(21-55-33(49)12-15-36(52)58-24-43(18-46-8)27-61-39(2,3)62-28-43,22-56-34(50)13-16-37(53)59-25-44(19-47-9)29-63-40(4,5)64-30-44)23-57-35(51)14-17-38(54)60-26-45(20-48-10)31-65-41(6,7)66-32-45/h8-32H2,1-7H3. The molecule has 0 amide bonds. The summed E-state index contributed by atoms with van der Waals surface area (Å²) < 4.78 is 67.5. The zero-order valence-corrected chi connectivity index (χ0v) is 39.9. The van der Waals surface area contributed by atoms with Crippen molar-refractivity contribution in [1.29, 1.82) is 0 Å². The molecule has 0 aromatic carbocycles. The molecule has 0 aliphatic carbocycles. The molecule has 3 saturated heterocycles. The largest absolute Gasteiger partial charge is 0.465 e. The zero-order chi connectivity index (χ0) is 49.1. The Morgan fingerprint density at radius 2 is 0.636 bits per heavy atom. The molecule has 0 radical (unpaired) electrons. The summed E-state index contributed by atoms with van der Waals surface area (Å²) in [5.74, 6) is -6.74. The summed E-state index contributed by atoms with van der Waals surface area (Å²) >= 11 is 0. The number of nitrogens with zero attached hydrogens (tertiary/aromatic N) is 3. The topological polar surface area (TPSA) is 250 Å². The predicted molar refractivity (Wildman–Crippen MR) is 235 cm³/mol. The third-order valence-corrected chi connectivity index (χ3v) is 11.3. The number of hydrogen-bond donors (Lipinski definition) is 0. The highest BCUT2D eigenvalue weighted by Crippen LogP contribution is 2.33. The molecular weight excluding hydrogens is 870 g/mol. The van der Waals surface area contributed by atoms with E-state index in [1.54, 1.807) is 48.5 Å². The van der Waals surface area contributed by atoms with Crippen molar-refractivity contribution in [1.82, 2.24) is 0 Å². The van der Waals surface area contributed by atoms with Gasteiger partial charge in [-0.3, -0.25) is 28.8 Å². The Hall–Kier alpha value is -4.41. The quantitative estimate of drug-likeness (QED) is 0.0619. The number of aliphatic imine (C=N–C) groups is 3. The maximum absolute atomic E-state index is 13.0. The highest BCUT2D eigenvalue weighted by atomic mass is 16.7. The summed E-state index contributed by atoms with van der Waals surface area (Å²) in [6, 6.07) is 0. The Labute approximate surface area is 387 Å². The Bertz CT molecular complexity index is 1480. The van der Waals surface area contributed by atoms with E-state index < -0.39 is 74.8 Å². The molecule has 0 spiro atoms. The maximum Gasteiger partial charge on any atom is 0.306 e. The third kappa shape index (κ3) is 19.1. The van der Waals surface area contributed by atoms with Crippen LogP contribution >= 0.6 is 0 Å². The molecular formula is C45H71N3O18. The van der Waals surface area contributed by atoms with Gasteiger partial charge in [-0.05, 0) is 68.1 Å². The predicted octanol–water partition coefficient (Wildman–Crippen LogP) is 3.39. The number of rotatable bonds is 28. The van der Waals surface area contributed by atoms with Crippen molar-refractivity contribution in [3.63, 3.8) is 0 Å². The van der Waals surface area contributed by atoms with E-state index in [4.69, 9.17) is 56.8 Å². The second-order valence-electron chi connectivity index (χ2n) is 18.9. The van der Waals surface area contributed by atoms with E-state index in [1.807, 2.05) is 0 Å². The van der Waals surface area contributed by atoms with Gasteiger partial charge in [0.1, 0.15) is 39.6 Å². The molecule has 0 aromatic heterocycles. The Morgan fingerprint density at radius 1 is 0.424 bits per heavy atom. The van der Waals surface area contributed by atoms with Crippen LogP contribution in [-0.2, 0) is 85.6 Å². The lowest BCUT2D eigenvalue weighted by atomic mass is 9.88. The lowest BCUT2D eigenvalue weighted by Gasteiger charge is -2.42. The van der Waals surface area contributed by atoms with Gasteiger partial charge in [0.15, 0.2) is 17.4 Å². The zero-order valence-electron chi connectivity index (χ0n) is 39.9. The molecule has 0 bridgehead atoms. The molecule has 3 aliphatic heterocycles. The molecule has 3 fully saturated rings. The maximum atomic E-state index is 13.0. The highest BCUT2D eigenvalue weighted by Gasteiger charge is 2.44. The second kappa shape index (κ2) is 25.1. The van der Waals surface area contributed by atoms with Gasteiger partial charge in [-0.2, -0.15) is 0 Å². The Kier molecular flexibility index (Phi) is 21.3. The van der Waals surface area contributed by atoms with Crippen LogP contribution in [0.4, 0.5) is 0 Å². The SMILES string of the molecule is C=NCC1(COC(=O)CCC(=O)OCC(CC)(COC(=O)CCC(=O)OCC2(CN=C)COC(C)(C)OC2)COC(=O)CCC(=O)OCC2(CN=C)COC(C)(C)OC2)COC(C)(C)OC1. The summed E-state index contributed by atoms with van der Waals surface area (Å²) in [4.78, 5) is 88.8. The van der Waals surface area contributed by atoms with E-state index in [1.165, 1.54) is 0 Å². The molecule has 0 atom stereocenters. The van der Waals surface area contributed by atoms with E-state index in [0.717, 1.165) is 0 Å². The van der Waals surface area contributed by atoms with E-state index in [2.05, 4.69) is 35.1 Å². The minimum Gasteiger partial charge on any atom is -0.465 e. The van der Waals surface area contributed by atoms with Crippen LogP contribution in [0.5, 0.6) is 0 Å². The molecule has 0 unspecified atom stereocenters. The van der Waals surface area contributed by atoms with Crippen molar-refractivity contribution < 1.29 is 85.6 Å². The first-order chi connectivity index (χ1) is 31.0.